The maximum atomic E-state index is 12.1. The average molecular weight is 347 g/mol. The Labute approximate surface area is 140 Å². The Bertz CT molecular complexity index is 824. The van der Waals surface area contributed by atoms with Crippen molar-refractivity contribution in [2.45, 2.75) is 0 Å². The van der Waals surface area contributed by atoms with E-state index in [1.54, 1.807) is 36.4 Å². The number of benzene rings is 2. The zero-order valence-electron chi connectivity index (χ0n) is 12.8. The van der Waals surface area contributed by atoms with Crippen molar-refractivity contribution in [3.05, 3.63) is 54.6 Å². The molecule has 8 heteroatoms. The smallest absolute Gasteiger partial charge is 0.324 e. The van der Waals surface area contributed by atoms with Crippen LogP contribution >= 0.6 is 0 Å². The van der Waals surface area contributed by atoms with Crippen molar-refractivity contribution in [1.29, 1.82) is 0 Å². The molecule has 2 N–H and O–H groups in total. The van der Waals surface area contributed by atoms with Crippen LogP contribution in [0, 0.1) is 0 Å². The van der Waals surface area contributed by atoms with Gasteiger partial charge < -0.3 is 10.1 Å². The van der Waals surface area contributed by atoms with Crippen molar-refractivity contribution >= 4 is 27.5 Å². The number of hydrogen-bond acceptors (Lipinski definition) is 4. The lowest BCUT2D eigenvalue weighted by Gasteiger charge is -2.17. The molecule has 1 heterocycles. The molecule has 0 radical (unpaired) electrons. The van der Waals surface area contributed by atoms with E-state index in [0.29, 0.717) is 17.1 Å². The Morgan fingerprint density at radius 3 is 2.58 bits per heavy atom. The minimum atomic E-state index is -3.60. The number of nitrogens with zero attached hydrogens (tertiary/aromatic N) is 1. The van der Waals surface area contributed by atoms with Crippen molar-refractivity contribution in [3.8, 4) is 5.75 Å². The molecule has 3 rings (SSSR count). The monoisotopic (exact) mass is 347 g/mol. The van der Waals surface area contributed by atoms with Gasteiger partial charge in [0.1, 0.15) is 5.75 Å². The van der Waals surface area contributed by atoms with E-state index in [0.717, 1.165) is 0 Å². The van der Waals surface area contributed by atoms with E-state index < -0.39 is 10.2 Å². The van der Waals surface area contributed by atoms with Gasteiger partial charge in [-0.05, 0) is 24.3 Å². The van der Waals surface area contributed by atoms with E-state index in [4.69, 9.17) is 4.74 Å². The van der Waals surface area contributed by atoms with E-state index in [9.17, 15) is 13.2 Å². The Morgan fingerprint density at radius 2 is 1.79 bits per heavy atom. The summed E-state index contributed by atoms with van der Waals surface area (Å²) in [7, 11) is -3.60. The molecule has 0 atom stereocenters. The van der Waals surface area contributed by atoms with Crippen LogP contribution in [-0.2, 0) is 15.0 Å². The van der Waals surface area contributed by atoms with Gasteiger partial charge in [0.2, 0.25) is 0 Å². The van der Waals surface area contributed by atoms with Gasteiger partial charge in [0.15, 0.2) is 6.61 Å². The Balaban J connectivity index is 1.50. The molecule has 0 aliphatic carbocycles. The van der Waals surface area contributed by atoms with Gasteiger partial charge in [0.05, 0.1) is 17.9 Å². The molecule has 0 unspecified atom stereocenters. The van der Waals surface area contributed by atoms with Crippen LogP contribution in [0.2, 0.25) is 0 Å². The number of nitrogens with one attached hydrogen (secondary N) is 2. The number of hydrogen-bond donors (Lipinski definition) is 2. The molecule has 2 aromatic rings. The molecule has 0 fully saturated rings. The minimum Gasteiger partial charge on any atom is -0.484 e. The third-order valence-electron chi connectivity index (χ3n) is 3.45. The van der Waals surface area contributed by atoms with Crippen molar-refractivity contribution in [2.75, 3.05) is 28.7 Å². The Kier molecular flexibility index (Phi) is 4.57. The summed E-state index contributed by atoms with van der Waals surface area (Å²) in [5, 5.41) is 2.65. The van der Waals surface area contributed by atoms with Gasteiger partial charge in [-0.3, -0.25) is 9.52 Å². The summed E-state index contributed by atoms with van der Waals surface area (Å²) in [5.41, 5.74) is 1.11. The molecule has 1 aliphatic rings. The lowest BCUT2D eigenvalue weighted by Crippen LogP contribution is -2.39. The topological polar surface area (TPSA) is 87.7 Å². The summed E-state index contributed by atoms with van der Waals surface area (Å²) in [6.45, 7) is 0.210. The number of rotatable bonds is 6. The first-order valence-corrected chi connectivity index (χ1v) is 8.84. The van der Waals surface area contributed by atoms with Crippen LogP contribution in [0.25, 0.3) is 0 Å². The summed E-state index contributed by atoms with van der Waals surface area (Å²) in [6.07, 6.45) is 0. The van der Waals surface area contributed by atoms with Crippen molar-refractivity contribution < 1.29 is 17.9 Å². The second-order valence-electron chi connectivity index (χ2n) is 5.15. The summed E-state index contributed by atoms with van der Waals surface area (Å²) >= 11 is 0. The molecular formula is C16H17N3O4S. The van der Waals surface area contributed by atoms with Crippen LogP contribution in [0.4, 0.5) is 11.4 Å². The molecule has 1 amide bonds. The molecule has 126 valence electrons. The van der Waals surface area contributed by atoms with Crippen molar-refractivity contribution in [3.63, 3.8) is 0 Å². The molecule has 0 spiro atoms. The first kappa shape index (κ1) is 16.1. The molecule has 0 saturated carbocycles. The van der Waals surface area contributed by atoms with Gasteiger partial charge in [0.25, 0.3) is 5.91 Å². The number of para-hydroxylation sites is 3. The molecule has 0 aromatic heterocycles. The van der Waals surface area contributed by atoms with E-state index in [2.05, 4.69) is 10.0 Å². The largest absolute Gasteiger partial charge is 0.484 e. The standard InChI is InChI=1S/C16H17N3O4S/c20-16(12-23-13-6-2-1-3-7-13)17-10-11-19-15-9-5-4-8-14(15)18-24(19,21)22/h1-9,18H,10-12H2,(H,17,20). The van der Waals surface area contributed by atoms with Gasteiger partial charge in [-0.1, -0.05) is 30.3 Å². The zero-order chi connectivity index (χ0) is 17.0. The van der Waals surface area contributed by atoms with E-state index in [1.165, 1.54) is 4.31 Å². The number of amides is 1. The fraction of sp³-hybridized carbons (Fsp3) is 0.188. The maximum Gasteiger partial charge on any atom is 0.324 e. The molecule has 2 aromatic carbocycles. The summed E-state index contributed by atoms with van der Waals surface area (Å²) in [4.78, 5) is 11.8. The number of anilines is 2. The molecule has 7 nitrogen and oxygen atoms in total. The third-order valence-corrected chi connectivity index (χ3v) is 4.89. The normalized spacial score (nSPS) is 14.6. The molecule has 1 aliphatic heterocycles. The molecule has 24 heavy (non-hydrogen) atoms. The van der Waals surface area contributed by atoms with Crippen LogP contribution < -0.4 is 19.1 Å². The Morgan fingerprint density at radius 1 is 1.08 bits per heavy atom. The molecule has 0 bridgehead atoms. The Hall–Kier alpha value is -2.74. The van der Waals surface area contributed by atoms with Crippen LogP contribution in [0.5, 0.6) is 5.75 Å². The van der Waals surface area contributed by atoms with Crippen LogP contribution in [0.1, 0.15) is 0 Å². The lowest BCUT2D eigenvalue weighted by molar-refractivity contribution is -0.123. The average Bonchev–Trinajstić information content (AvgIpc) is 2.84. The summed E-state index contributed by atoms with van der Waals surface area (Å²) < 4.78 is 33.2. The van der Waals surface area contributed by atoms with E-state index >= 15 is 0 Å². The van der Waals surface area contributed by atoms with Crippen LogP contribution in [0.3, 0.4) is 0 Å². The van der Waals surface area contributed by atoms with Crippen LogP contribution in [-0.4, -0.2) is 34.0 Å². The minimum absolute atomic E-state index is 0.119. The van der Waals surface area contributed by atoms with Gasteiger partial charge in [-0.2, -0.15) is 8.42 Å². The van der Waals surface area contributed by atoms with Crippen LogP contribution in [0.15, 0.2) is 54.6 Å². The fourth-order valence-electron chi connectivity index (χ4n) is 2.36. The predicted octanol–water partition coefficient (Wildman–Crippen LogP) is 1.36. The fourth-order valence-corrected chi connectivity index (χ4v) is 3.67. The highest BCUT2D eigenvalue weighted by atomic mass is 32.2. The number of ether oxygens (including phenoxy) is 1. The van der Waals surface area contributed by atoms with E-state index in [1.807, 2.05) is 18.2 Å². The number of carbonyl (C=O) groups excluding carboxylic acids is 1. The third kappa shape index (κ3) is 3.60. The first-order valence-electron chi connectivity index (χ1n) is 7.40. The second kappa shape index (κ2) is 6.79. The van der Waals surface area contributed by atoms with Gasteiger partial charge in [-0.15, -0.1) is 0 Å². The molecule has 0 saturated heterocycles. The highest BCUT2D eigenvalue weighted by Gasteiger charge is 2.31. The van der Waals surface area contributed by atoms with Gasteiger partial charge >= 0.3 is 10.2 Å². The van der Waals surface area contributed by atoms with Gasteiger partial charge in [-0.25, -0.2) is 4.31 Å². The number of fused-ring (bicyclic) bond motifs is 1. The highest BCUT2D eigenvalue weighted by molar-refractivity contribution is 7.94. The SMILES string of the molecule is O=C(COc1ccccc1)NCCN1c2ccccc2NS1(=O)=O. The quantitative estimate of drug-likeness (QED) is 0.826. The lowest BCUT2D eigenvalue weighted by atomic mass is 10.3. The van der Waals surface area contributed by atoms with E-state index in [-0.39, 0.29) is 25.6 Å². The summed E-state index contributed by atoms with van der Waals surface area (Å²) in [6, 6.07) is 15.9. The second-order valence-corrected chi connectivity index (χ2v) is 6.74. The van der Waals surface area contributed by atoms with Crippen molar-refractivity contribution in [2.24, 2.45) is 0 Å². The number of carbonyl (C=O) groups is 1. The maximum absolute atomic E-state index is 12.1. The van der Waals surface area contributed by atoms with Crippen molar-refractivity contribution in [1.82, 2.24) is 5.32 Å². The first-order chi connectivity index (χ1) is 11.6. The zero-order valence-corrected chi connectivity index (χ0v) is 13.6. The van der Waals surface area contributed by atoms with Gasteiger partial charge in [0, 0.05) is 6.54 Å². The molecular weight excluding hydrogens is 330 g/mol. The highest BCUT2D eigenvalue weighted by Crippen LogP contribution is 2.34. The summed E-state index contributed by atoms with van der Waals surface area (Å²) in [5.74, 6) is 0.296. The predicted molar refractivity (Wildman–Crippen MR) is 91.3 cm³/mol.